The van der Waals surface area contributed by atoms with E-state index >= 15 is 0 Å². The molecule has 1 rings (SSSR count). The zero-order valence-electron chi connectivity index (χ0n) is 10.2. The van der Waals surface area contributed by atoms with Gasteiger partial charge in [-0.3, -0.25) is 0 Å². The first-order valence-electron chi connectivity index (χ1n) is 5.47. The highest BCUT2D eigenvalue weighted by Crippen LogP contribution is 2.27. The number of halogens is 1. The van der Waals surface area contributed by atoms with E-state index < -0.39 is 0 Å². The number of rotatable bonds is 4. The molecule has 0 bridgehead atoms. The van der Waals surface area contributed by atoms with Gasteiger partial charge >= 0.3 is 0 Å². The van der Waals surface area contributed by atoms with Gasteiger partial charge in [-0.1, -0.05) is 18.5 Å². The van der Waals surface area contributed by atoms with Crippen LogP contribution in [0.5, 0.6) is 5.75 Å². The predicted molar refractivity (Wildman–Crippen MR) is 77.1 cm³/mol. The molecule has 0 saturated carbocycles. The molecule has 0 unspecified atom stereocenters. The van der Waals surface area contributed by atoms with E-state index in [1.54, 1.807) is 19.2 Å². The Morgan fingerprint density at radius 1 is 1.53 bits per heavy atom. The Hall–Kier alpha value is -1.00. The lowest BCUT2D eigenvalue weighted by Crippen LogP contribution is -2.35. The lowest BCUT2D eigenvalue weighted by Gasteiger charge is -2.15. The standard InChI is InChI=1S/C12H17ClN2OS/c1-4-8(2)14-12(17)15-9-5-6-11(16-3)10(13)7-9/h5-8H,4H2,1-3H3,(H2,14,15,17)/t8-/m1/s1. The first-order valence-corrected chi connectivity index (χ1v) is 6.26. The minimum atomic E-state index is 0.351. The number of methoxy groups -OCH3 is 1. The molecule has 0 aliphatic rings. The van der Waals surface area contributed by atoms with Gasteiger partial charge in [0.05, 0.1) is 12.1 Å². The van der Waals surface area contributed by atoms with Crippen LogP contribution in [-0.4, -0.2) is 18.3 Å². The van der Waals surface area contributed by atoms with Crippen molar-refractivity contribution in [2.45, 2.75) is 26.3 Å². The molecule has 3 nitrogen and oxygen atoms in total. The molecular formula is C12H17ClN2OS. The van der Waals surface area contributed by atoms with Crippen molar-refractivity contribution in [3.05, 3.63) is 23.2 Å². The zero-order valence-corrected chi connectivity index (χ0v) is 11.8. The van der Waals surface area contributed by atoms with E-state index in [0.717, 1.165) is 12.1 Å². The van der Waals surface area contributed by atoms with Crippen LogP contribution in [0.15, 0.2) is 18.2 Å². The van der Waals surface area contributed by atoms with Crippen molar-refractivity contribution in [1.82, 2.24) is 5.32 Å². The van der Waals surface area contributed by atoms with Gasteiger partial charge in [0.2, 0.25) is 0 Å². The fourth-order valence-electron chi connectivity index (χ4n) is 1.24. The summed E-state index contributed by atoms with van der Waals surface area (Å²) in [4.78, 5) is 0. The Morgan fingerprint density at radius 3 is 2.76 bits per heavy atom. The summed E-state index contributed by atoms with van der Waals surface area (Å²) in [5, 5.41) is 7.41. The second-order valence-electron chi connectivity index (χ2n) is 3.76. The third kappa shape index (κ3) is 4.40. The Bertz CT molecular complexity index is 398. The summed E-state index contributed by atoms with van der Waals surface area (Å²) in [7, 11) is 1.59. The van der Waals surface area contributed by atoms with Gasteiger partial charge in [-0.25, -0.2) is 0 Å². The van der Waals surface area contributed by atoms with Crippen LogP contribution in [0.3, 0.4) is 0 Å². The molecule has 94 valence electrons. The summed E-state index contributed by atoms with van der Waals surface area (Å²) in [6, 6.07) is 5.81. The van der Waals surface area contributed by atoms with Crippen molar-refractivity contribution >= 4 is 34.6 Å². The summed E-state index contributed by atoms with van der Waals surface area (Å²) in [6.07, 6.45) is 1.02. The largest absolute Gasteiger partial charge is 0.495 e. The van der Waals surface area contributed by atoms with Crippen molar-refractivity contribution in [3.63, 3.8) is 0 Å². The number of nitrogens with one attached hydrogen (secondary N) is 2. The Kier molecular flexibility index (Phi) is 5.51. The minimum Gasteiger partial charge on any atom is -0.495 e. The first-order chi connectivity index (χ1) is 8.06. The van der Waals surface area contributed by atoms with E-state index in [1.807, 2.05) is 6.07 Å². The van der Waals surface area contributed by atoms with Gasteiger partial charge in [0.15, 0.2) is 5.11 Å². The molecule has 0 aliphatic heterocycles. The SMILES string of the molecule is CC[C@@H](C)NC(=S)Nc1ccc(OC)c(Cl)c1. The molecule has 0 amide bonds. The molecule has 0 aliphatic carbocycles. The Labute approximate surface area is 112 Å². The molecule has 0 heterocycles. The maximum Gasteiger partial charge on any atom is 0.170 e. The summed E-state index contributed by atoms with van der Waals surface area (Å²) in [5.41, 5.74) is 0.844. The number of thiocarbonyl (C=S) groups is 1. The van der Waals surface area contributed by atoms with Gasteiger partial charge in [0.25, 0.3) is 0 Å². The number of hydrogen-bond acceptors (Lipinski definition) is 2. The third-order valence-corrected chi connectivity index (χ3v) is 2.91. The van der Waals surface area contributed by atoms with Crippen LogP contribution >= 0.6 is 23.8 Å². The topological polar surface area (TPSA) is 33.3 Å². The van der Waals surface area contributed by atoms with Crippen molar-refractivity contribution < 1.29 is 4.74 Å². The van der Waals surface area contributed by atoms with Gasteiger partial charge in [0.1, 0.15) is 5.75 Å². The Balaban J connectivity index is 2.63. The quantitative estimate of drug-likeness (QED) is 0.823. The minimum absolute atomic E-state index is 0.351. The van der Waals surface area contributed by atoms with Crippen LogP contribution in [0.4, 0.5) is 5.69 Å². The molecule has 0 radical (unpaired) electrons. The third-order valence-electron chi connectivity index (χ3n) is 2.40. The molecule has 1 aromatic carbocycles. The fraction of sp³-hybridized carbons (Fsp3) is 0.417. The van der Waals surface area contributed by atoms with E-state index in [0.29, 0.717) is 21.9 Å². The van der Waals surface area contributed by atoms with Crippen LogP contribution in [0.2, 0.25) is 5.02 Å². The number of anilines is 1. The van der Waals surface area contributed by atoms with Gasteiger partial charge in [0, 0.05) is 11.7 Å². The molecule has 2 N–H and O–H groups in total. The lowest BCUT2D eigenvalue weighted by atomic mass is 10.3. The van der Waals surface area contributed by atoms with Crippen LogP contribution in [0.25, 0.3) is 0 Å². The summed E-state index contributed by atoms with van der Waals surface area (Å²) in [5.74, 6) is 0.651. The van der Waals surface area contributed by atoms with Crippen LogP contribution in [-0.2, 0) is 0 Å². The zero-order chi connectivity index (χ0) is 12.8. The smallest absolute Gasteiger partial charge is 0.170 e. The molecule has 1 atom stereocenters. The summed E-state index contributed by atoms with van der Waals surface area (Å²) < 4.78 is 5.08. The normalized spacial score (nSPS) is 11.8. The van der Waals surface area contributed by atoms with Crippen molar-refractivity contribution in [3.8, 4) is 5.75 Å². The van der Waals surface area contributed by atoms with E-state index in [4.69, 9.17) is 28.6 Å². The van der Waals surface area contributed by atoms with Crippen molar-refractivity contribution in [2.75, 3.05) is 12.4 Å². The highest BCUT2D eigenvalue weighted by molar-refractivity contribution is 7.80. The monoisotopic (exact) mass is 272 g/mol. The van der Waals surface area contributed by atoms with Gasteiger partial charge in [-0.15, -0.1) is 0 Å². The van der Waals surface area contributed by atoms with E-state index in [2.05, 4.69) is 24.5 Å². The number of ether oxygens (including phenoxy) is 1. The maximum atomic E-state index is 6.02. The molecule has 0 fully saturated rings. The summed E-state index contributed by atoms with van der Waals surface area (Å²) in [6.45, 7) is 4.18. The van der Waals surface area contributed by atoms with Crippen LogP contribution in [0, 0.1) is 0 Å². The van der Waals surface area contributed by atoms with E-state index in [1.165, 1.54) is 0 Å². The second kappa shape index (κ2) is 6.67. The van der Waals surface area contributed by atoms with Crippen LogP contribution < -0.4 is 15.4 Å². The molecule has 5 heteroatoms. The van der Waals surface area contributed by atoms with E-state index in [-0.39, 0.29) is 0 Å². The Morgan fingerprint density at radius 2 is 2.24 bits per heavy atom. The molecule has 1 aromatic rings. The van der Waals surface area contributed by atoms with Crippen molar-refractivity contribution in [1.29, 1.82) is 0 Å². The number of benzene rings is 1. The predicted octanol–water partition coefficient (Wildman–Crippen LogP) is 3.43. The molecule has 17 heavy (non-hydrogen) atoms. The molecule has 0 saturated heterocycles. The first kappa shape index (κ1) is 14.1. The maximum absolute atomic E-state index is 6.02. The average molecular weight is 273 g/mol. The molecule has 0 aromatic heterocycles. The van der Waals surface area contributed by atoms with Gasteiger partial charge in [-0.05, 0) is 43.8 Å². The highest BCUT2D eigenvalue weighted by atomic mass is 35.5. The number of hydrogen-bond donors (Lipinski definition) is 2. The molecule has 0 spiro atoms. The van der Waals surface area contributed by atoms with E-state index in [9.17, 15) is 0 Å². The van der Waals surface area contributed by atoms with Crippen molar-refractivity contribution in [2.24, 2.45) is 0 Å². The highest BCUT2D eigenvalue weighted by Gasteiger charge is 2.04. The van der Waals surface area contributed by atoms with Crippen LogP contribution in [0.1, 0.15) is 20.3 Å². The van der Waals surface area contributed by atoms with Gasteiger partial charge < -0.3 is 15.4 Å². The average Bonchev–Trinajstić information content (AvgIpc) is 2.29. The fourth-order valence-corrected chi connectivity index (χ4v) is 1.81. The second-order valence-corrected chi connectivity index (χ2v) is 4.57. The summed E-state index contributed by atoms with van der Waals surface area (Å²) >= 11 is 11.2. The van der Waals surface area contributed by atoms with Gasteiger partial charge in [-0.2, -0.15) is 0 Å². The lowest BCUT2D eigenvalue weighted by molar-refractivity contribution is 0.415. The molecular weight excluding hydrogens is 256 g/mol.